The molecular formula is C22H24FN3O2. The van der Waals surface area contributed by atoms with Crippen LogP contribution in [0.2, 0.25) is 0 Å². The summed E-state index contributed by atoms with van der Waals surface area (Å²) in [5.41, 5.74) is 3.85. The number of hydrogen-bond donors (Lipinski definition) is 1. The van der Waals surface area contributed by atoms with Crippen LogP contribution in [0.25, 0.3) is 22.4 Å². The number of hydrogen-bond acceptors (Lipinski definition) is 4. The third-order valence-corrected chi connectivity index (χ3v) is 5.24. The summed E-state index contributed by atoms with van der Waals surface area (Å²) >= 11 is 0. The second kappa shape index (κ2) is 7.36. The maximum absolute atomic E-state index is 13.3. The molecule has 0 spiro atoms. The van der Waals surface area contributed by atoms with E-state index in [-0.39, 0.29) is 23.7 Å². The van der Waals surface area contributed by atoms with Gasteiger partial charge in [0.2, 0.25) is 0 Å². The minimum atomic E-state index is -0.282. The lowest BCUT2D eigenvalue weighted by atomic mass is 10.00. The van der Waals surface area contributed by atoms with Crippen LogP contribution in [0.1, 0.15) is 42.8 Å². The minimum Gasteiger partial charge on any atom is -0.449 e. The predicted molar refractivity (Wildman–Crippen MR) is 107 cm³/mol. The molecule has 1 amide bonds. The molecule has 1 saturated heterocycles. The highest BCUT2D eigenvalue weighted by molar-refractivity contribution is 5.96. The highest BCUT2D eigenvalue weighted by atomic mass is 19.1. The van der Waals surface area contributed by atoms with Gasteiger partial charge in [-0.3, -0.25) is 4.79 Å². The highest BCUT2D eigenvalue weighted by Crippen LogP contribution is 2.32. The number of carbonyl (C=O) groups is 1. The molecule has 0 unspecified atom stereocenters. The number of aromatic nitrogens is 1. The maximum atomic E-state index is 13.3. The topological polar surface area (TPSA) is 58.4 Å². The molecular weight excluding hydrogens is 357 g/mol. The third kappa shape index (κ3) is 3.40. The minimum absolute atomic E-state index is 0.106. The van der Waals surface area contributed by atoms with Gasteiger partial charge in [0.15, 0.2) is 11.3 Å². The van der Waals surface area contributed by atoms with Crippen LogP contribution in [-0.4, -0.2) is 41.5 Å². The van der Waals surface area contributed by atoms with Crippen LogP contribution in [-0.2, 0) is 0 Å². The zero-order valence-electron chi connectivity index (χ0n) is 16.3. The fourth-order valence-electron chi connectivity index (χ4n) is 3.63. The number of benzene rings is 1. The molecule has 1 aliphatic rings. The number of amides is 1. The lowest BCUT2D eigenvalue weighted by molar-refractivity contribution is 0.0625. The number of nitrogens with one attached hydrogen (secondary N) is 1. The number of fused-ring (bicyclic) bond motifs is 1. The molecule has 1 N–H and O–H groups in total. The van der Waals surface area contributed by atoms with E-state index >= 15 is 0 Å². The van der Waals surface area contributed by atoms with Gasteiger partial charge in [0.05, 0.1) is 5.69 Å². The van der Waals surface area contributed by atoms with Gasteiger partial charge in [-0.2, -0.15) is 0 Å². The van der Waals surface area contributed by atoms with Crippen LogP contribution in [0.15, 0.2) is 40.8 Å². The van der Waals surface area contributed by atoms with Gasteiger partial charge in [0.25, 0.3) is 5.91 Å². The Kier molecular flexibility index (Phi) is 4.89. The van der Waals surface area contributed by atoms with E-state index in [4.69, 9.17) is 4.42 Å². The monoisotopic (exact) mass is 381 g/mol. The first kappa shape index (κ1) is 18.6. The molecule has 6 heteroatoms. The van der Waals surface area contributed by atoms with Crippen molar-refractivity contribution in [1.29, 1.82) is 0 Å². The van der Waals surface area contributed by atoms with E-state index in [1.807, 2.05) is 17.9 Å². The van der Waals surface area contributed by atoms with Gasteiger partial charge in [-0.15, -0.1) is 0 Å². The lowest BCUT2D eigenvalue weighted by Crippen LogP contribution is -2.52. The van der Waals surface area contributed by atoms with Crippen molar-refractivity contribution in [1.82, 2.24) is 15.2 Å². The van der Waals surface area contributed by atoms with Crippen LogP contribution in [0.5, 0.6) is 0 Å². The molecule has 5 nitrogen and oxygen atoms in total. The fourth-order valence-corrected chi connectivity index (χ4v) is 3.63. The Morgan fingerprint density at radius 3 is 2.71 bits per heavy atom. The van der Waals surface area contributed by atoms with Crippen LogP contribution in [0, 0.1) is 5.82 Å². The van der Waals surface area contributed by atoms with Gasteiger partial charge in [-0.25, -0.2) is 9.37 Å². The van der Waals surface area contributed by atoms with E-state index in [0.29, 0.717) is 23.4 Å². The van der Waals surface area contributed by atoms with E-state index in [9.17, 15) is 9.18 Å². The van der Waals surface area contributed by atoms with Crippen molar-refractivity contribution in [3.8, 4) is 11.3 Å². The lowest BCUT2D eigenvalue weighted by Gasteiger charge is -2.33. The number of halogens is 1. The fraction of sp³-hybridized carbons (Fsp3) is 0.364. The van der Waals surface area contributed by atoms with E-state index in [2.05, 4.69) is 24.1 Å². The molecule has 0 aliphatic carbocycles. The van der Waals surface area contributed by atoms with Crippen molar-refractivity contribution in [2.45, 2.75) is 32.7 Å². The summed E-state index contributed by atoms with van der Waals surface area (Å²) in [5, 5.41) is 3.29. The smallest absolute Gasteiger partial charge is 0.289 e. The van der Waals surface area contributed by atoms with Gasteiger partial charge < -0.3 is 14.6 Å². The van der Waals surface area contributed by atoms with Crippen molar-refractivity contribution >= 4 is 17.0 Å². The second-order valence-corrected chi connectivity index (χ2v) is 7.64. The normalized spacial score (nSPS) is 17.5. The van der Waals surface area contributed by atoms with Crippen molar-refractivity contribution in [2.24, 2.45) is 0 Å². The third-order valence-electron chi connectivity index (χ3n) is 5.24. The van der Waals surface area contributed by atoms with Gasteiger partial charge in [-0.05, 0) is 43.2 Å². The summed E-state index contributed by atoms with van der Waals surface area (Å²) in [5.74, 6) is 0.117. The summed E-state index contributed by atoms with van der Waals surface area (Å²) in [6.45, 7) is 8.38. The average Bonchev–Trinajstić information content (AvgIpc) is 3.11. The van der Waals surface area contributed by atoms with Crippen LogP contribution in [0.3, 0.4) is 0 Å². The molecule has 2 aromatic heterocycles. The van der Waals surface area contributed by atoms with E-state index in [1.54, 1.807) is 18.2 Å². The summed E-state index contributed by atoms with van der Waals surface area (Å²) < 4.78 is 19.3. The Morgan fingerprint density at radius 1 is 1.29 bits per heavy atom. The SMILES string of the molecule is CC(C)c1cc(-c2ccc(F)cc2)nc2cc(C(=O)N3CCNC[C@@H]3C)oc12. The summed E-state index contributed by atoms with van der Waals surface area (Å²) in [6, 6.07) is 10.1. The molecule has 1 aliphatic heterocycles. The van der Waals surface area contributed by atoms with Crippen LogP contribution in [0.4, 0.5) is 4.39 Å². The van der Waals surface area contributed by atoms with E-state index < -0.39 is 0 Å². The molecule has 1 fully saturated rings. The summed E-state index contributed by atoms with van der Waals surface area (Å²) in [4.78, 5) is 19.5. The van der Waals surface area contributed by atoms with Gasteiger partial charge >= 0.3 is 0 Å². The number of piperazine rings is 1. The molecule has 0 radical (unpaired) electrons. The Balaban J connectivity index is 1.78. The Hall–Kier alpha value is -2.73. The molecule has 1 atom stereocenters. The van der Waals surface area contributed by atoms with Gasteiger partial charge in [0.1, 0.15) is 11.3 Å². The van der Waals surface area contributed by atoms with E-state index in [0.717, 1.165) is 29.9 Å². The number of carbonyl (C=O) groups excluding carboxylic acids is 1. The van der Waals surface area contributed by atoms with Gasteiger partial charge in [-0.1, -0.05) is 13.8 Å². The zero-order chi connectivity index (χ0) is 19.8. The molecule has 3 heterocycles. The first-order chi connectivity index (χ1) is 13.4. The number of nitrogens with zero attached hydrogens (tertiary/aromatic N) is 2. The quantitative estimate of drug-likeness (QED) is 0.739. The van der Waals surface area contributed by atoms with Crippen LogP contribution >= 0.6 is 0 Å². The second-order valence-electron chi connectivity index (χ2n) is 7.64. The molecule has 0 saturated carbocycles. The Morgan fingerprint density at radius 2 is 2.04 bits per heavy atom. The average molecular weight is 381 g/mol. The summed E-state index contributed by atoms with van der Waals surface area (Å²) in [7, 11) is 0. The van der Waals surface area contributed by atoms with Gasteiger partial charge in [0, 0.05) is 42.9 Å². The summed E-state index contributed by atoms with van der Waals surface area (Å²) in [6.07, 6.45) is 0. The Bertz CT molecular complexity index is 1010. The van der Waals surface area contributed by atoms with E-state index in [1.165, 1.54) is 12.1 Å². The molecule has 3 aromatic rings. The van der Waals surface area contributed by atoms with Crippen molar-refractivity contribution in [3.05, 3.63) is 53.5 Å². The zero-order valence-corrected chi connectivity index (χ0v) is 16.3. The molecule has 4 rings (SSSR count). The number of pyridine rings is 1. The molecule has 0 bridgehead atoms. The van der Waals surface area contributed by atoms with Crippen molar-refractivity contribution in [2.75, 3.05) is 19.6 Å². The first-order valence-corrected chi connectivity index (χ1v) is 9.66. The highest BCUT2D eigenvalue weighted by Gasteiger charge is 2.27. The van der Waals surface area contributed by atoms with Crippen molar-refractivity contribution < 1.29 is 13.6 Å². The predicted octanol–water partition coefficient (Wildman–Crippen LogP) is 4.19. The first-order valence-electron chi connectivity index (χ1n) is 9.66. The Labute approximate surface area is 163 Å². The number of furan rings is 1. The standard InChI is InChI=1S/C22H24FN3O2/c1-13(2)17-10-18(15-4-6-16(23)7-5-15)25-19-11-20(28-21(17)19)22(27)26-9-8-24-12-14(26)3/h4-7,10-11,13-14,24H,8-9,12H2,1-3H3/t14-/m0/s1. The largest absolute Gasteiger partial charge is 0.449 e. The molecule has 146 valence electrons. The maximum Gasteiger partial charge on any atom is 0.289 e. The van der Waals surface area contributed by atoms with Crippen molar-refractivity contribution in [3.63, 3.8) is 0 Å². The number of rotatable bonds is 3. The van der Waals surface area contributed by atoms with Crippen LogP contribution < -0.4 is 5.32 Å². The molecule has 28 heavy (non-hydrogen) atoms. The molecule has 1 aromatic carbocycles.